The molecule has 0 aliphatic rings. The minimum Gasteiger partial charge on any atom is -0.359 e. The molecule has 2 aromatic carbocycles. The van der Waals surface area contributed by atoms with Crippen LogP contribution >= 0.6 is 0 Å². The molecule has 0 fully saturated rings. The molecule has 1 amide bonds. The van der Waals surface area contributed by atoms with Crippen LogP contribution in [0.4, 0.5) is 4.39 Å². The van der Waals surface area contributed by atoms with Gasteiger partial charge in [-0.2, -0.15) is 0 Å². The summed E-state index contributed by atoms with van der Waals surface area (Å²) in [5, 5.41) is 3.34. The van der Waals surface area contributed by atoms with Crippen LogP contribution in [-0.2, 0) is 4.79 Å². The normalized spacial score (nSPS) is 11.6. The standard InChI is InChI=1S/C18H15FN2O/c1-20-17(22)11-15(12-5-3-2-4-6-12)14-9-13-7-8-21-18(13)16(19)10-14/h2-11,21H,1H3,(H,20,22). The second kappa shape index (κ2) is 5.85. The highest BCUT2D eigenvalue weighted by atomic mass is 19.1. The molecule has 0 bridgehead atoms. The fourth-order valence-electron chi connectivity index (χ4n) is 2.44. The summed E-state index contributed by atoms with van der Waals surface area (Å²) < 4.78 is 14.2. The summed E-state index contributed by atoms with van der Waals surface area (Å²) in [5.74, 6) is -0.565. The number of nitrogens with one attached hydrogen (secondary N) is 2. The zero-order chi connectivity index (χ0) is 15.5. The van der Waals surface area contributed by atoms with Crippen LogP contribution in [0, 0.1) is 5.82 Å². The van der Waals surface area contributed by atoms with Gasteiger partial charge >= 0.3 is 0 Å². The molecule has 0 aliphatic carbocycles. The molecule has 22 heavy (non-hydrogen) atoms. The maximum Gasteiger partial charge on any atom is 0.244 e. The van der Waals surface area contributed by atoms with Gasteiger partial charge in [-0.25, -0.2) is 4.39 Å². The van der Waals surface area contributed by atoms with E-state index in [9.17, 15) is 9.18 Å². The molecule has 1 aromatic heterocycles. The molecule has 0 radical (unpaired) electrons. The highest BCUT2D eigenvalue weighted by Gasteiger charge is 2.11. The quantitative estimate of drug-likeness (QED) is 0.714. The lowest BCUT2D eigenvalue weighted by molar-refractivity contribution is -0.116. The monoisotopic (exact) mass is 294 g/mol. The van der Waals surface area contributed by atoms with Crippen molar-refractivity contribution in [2.45, 2.75) is 0 Å². The lowest BCUT2D eigenvalue weighted by atomic mass is 9.96. The minimum atomic E-state index is -0.337. The first-order valence-electron chi connectivity index (χ1n) is 6.95. The predicted octanol–water partition coefficient (Wildman–Crippen LogP) is 3.48. The number of carbonyl (C=O) groups excluding carboxylic acids is 1. The number of aromatic amines is 1. The van der Waals surface area contributed by atoms with Gasteiger partial charge in [0.05, 0.1) is 5.52 Å². The number of amides is 1. The Morgan fingerprint density at radius 2 is 1.91 bits per heavy atom. The molecule has 2 N–H and O–H groups in total. The van der Waals surface area contributed by atoms with E-state index in [0.29, 0.717) is 16.7 Å². The van der Waals surface area contributed by atoms with Crippen molar-refractivity contribution in [3.8, 4) is 0 Å². The summed E-state index contributed by atoms with van der Waals surface area (Å²) >= 11 is 0. The highest BCUT2D eigenvalue weighted by Crippen LogP contribution is 2.28. The van der Waals surface area contributed by atoms with Gasteiger partial charge in [0, 0.05) is 24.7 Å². The molecular formula is C18H15FN2O. The van der Waals surface area contributed by atoms with E-state index in [4.69, 9.17) is 0 Å². The minimum absolute atomic E-state index is 0.228. The van der Waals surface area contributed by atoms with E-state index in [1.807, 2.05) is 42.5 Å². The highest BCUT2D eigenvalue weighted by molar-refractivity contribution is 6.00. The van der Waals surface area contributed by atoms with Crippen molar-refractivity contribution in [2.75, 3.05) is 7.05 Å². The Morgan fingerprint density at radius 3 is 2.64 bits per heavy atom. The van der Waals surface area contributed by atoms with E-state index in [0.717, 1.165) is 10.9 Å². The van der Waals surface area contributed by atoms with E-state index < -0.39 is 0 Å². The Bertz CT molecular complexity index is 850. The molecule has 3 rings (SSSR count). The van der Waals surface area contributed by atoms with Gasteiger partial charge in [-0.15, -0.1) is 0 Å². The number of H-pyrrole nitrogens is 1. The lowest BCUT2D eigenvalue weighted by Gasteiger charge is -2.09. The van der Waals surface area contributed by atoms with Crippen LogP contribution in [0.25, 0.3) is 16.5 Å². The van der Waals surface area contributed by atoms with Crippen LogP contribution in [-0.4, -0.2) is 17.9 Å². The summed E-state index contributed by atoms with van der Waals surface area (Å²) in [5.41, 5.74) is 2.68. The molecule has 0 unspecified atom stereocenters. The van der Waals surface area contributed by atoms with Crippen LogP contribution in [0.5, 0.6) is 0 Å². The Balaban J connectivity index is 2.19. The van der Waals surface area contributed by atoms with Gasteiger partial charge in [0.15, 0.2) is 0 Å². The zero-order valence-electron chi connectivity index (χ0n) is 12.1. The molecule has 0 spiro atoms. The Kier molecular flexibility index (Phi) is 3.74. The molecule has 0 saturated heterocycles. The predicted molar refractivity (Wildman–Crippen MR) is 85.8 cm³/mol. The number of rotatable bonds is 3. The summed E-state index contributed by atoms with van der Waals surface area (Å²) in [7, 11) is 1.57. The van der Waals surface area contributed by atoms with Crippen LogP contribution in [0.2, 0.25) is 0 Å². The Labute approximate surface area is 127 Å². The number of fused-ring (bicyclic) bond motifs is 1. The topological polar surface area (TPSA) is 44.9 Å². The number of hydrogen-bond donors (Lipinski definition) is 2. The van der Waals surface area contributed by atoms with E-state index in [-0.39, 0.29) is 11.7 Å². The third-order valence-electron chi connectivity index (χ3n) is 3.53. The largest absolute Gasteiger partial charge is 0.359 e. The molecule has 110 valence electrons. The van der Waals surface area contributed by atoms with Crippen LogP contribution in [0.1, 0.15) is 11.1 Å². The number of aromatic nitrogens is 1. The molecule has 0 aliphatic heterocycles. The Morgan fingerprint density at radius 1 is 1.14 bits per heavy atom. The maximum atomic E-state index is 14.2. The van der Waals surface area contributed by atoms with Gasteiger partial charge in [0.25, 0.3) is 0 Å². The van der Waals surface area contributed by atoms with E-state index in [2.05, 4.69) is 10.3 Å². The van der Waals surface area contributed by atoms with Crippen molar-refractivity contribution in [1.82, 2.24) is 10.3 Å². The first kappa shape index (κ1) is 14.1. The van der Waals surface area contributed by atoms with Crippen LogP contribution in [0.3, 0.4) is 0 Å². The summed E-state index contributed by atoms with van der Waals surface area (Å²) in [6.07, 6.45) is 3.19. The van der Waals surface area contributed by atoms with Crippen molar-refractivity contribution in [1.29, 1.82) is 0 Å². The molecule has 0 saturated carbocycles. The van der Waals surface area contributed by atoms with Crippen LogP contribution in [0.15, 0.2) is 60.8 Å². The molecule has 1 heterocycles. The zero-order valence-corrected chi connectivity index (χ0v) is 12.1. The van der Waals surface area contributed by atoms with E-state index >= 15 is 0 Å². The van der Waals surface area contributed by atoms with Crippen molar-refractivity contribution in [3.63, 3.8) is 0 Å². The second-order valence-corrected chi connectivity index (χ2v) is 4.94. The average molecular weight is 294 g/mol. The van der Waals surface area contributed by atoms with Crippen LogP contribution < -0.4 is 5.32 Å². The van der Waals surface area contributed by atoms with Crippen molar-refractivity contribution >= 4 is 22.4 Å². The van der Waals surface area contributed by atoms with Gasteiger partial charge in [-0.3, -0.25) is 4.79 Å². The summed E-state index contributed by atoms with van der Waals surface area (Å²) in [4.78, 5) is 14.7. The van der Waals surface area contributed by atoms with Gasteiger partial charge in [0.1, 0.15) is 5.82 Å². The number of carbonyl (C=O) groups is 1. The number of likely N-dealkylation sites (N-methyl/N-ethyl adjacent to an activating group) is 1. The number of hydrogen-bond acceptors (Lipinski definition) is 1. The van der Waals surface area contributed by atoms with Crippen molar-refractivity contribution < 1.29 is 9.18 Å². The molecule has 3 aromatic rings. The van der Waals surface area contributed by atoms with E-state index in [1.54, 1.807) is 13.2 Å². The first-order valence-corrected chi connectivity index (χ1v) is 6.95. The molecule has 4 heteroatoms. The first-order chi connectivity index (χ1) is 10.7. The average Bonchev–Trinajstić information content (AvgIpc) is 3.02. The molecular weight excluding hydrogens is 279 g/mol. The molecule has 0 atom stereocenters. The smallest absolute Gasteiger partial charge is 0.244 e. The Hall–Kier alpha value is -2.88. The fraction of sp³-hybridized carbons (Fsp3) is 0.0556. The number of benzene rings is 2. The maximum absolute atomic E-state index is 14.2. The molecule has 3 nitrogen and oxygen atoms in total. The summed E-state index contributed by atoms with van der Waals surface area (Å²) in [6.45, 7) is 0. The van der Waals surface area contributed by atoms with Gasteiger partial charge in [-0.05, 0) is 34.9 Å². The van der Waals surface area contributed by atoms with Gasteiger partial charge < -0.3 is 10.3 Å². The third kappa shape index (κ3) is 2.63. The summed E-state index contributed by atoms with van der Waals surface area (Å²) in [6, 6.07) is 14.6. The number of halogens is 1. The van der Waals surface area contributed by atoms with Crippen molar-refractivity contribution in [3.05, 3.63) is 77.7 Å². The van der Waals surface area contributed by atoms with Crippen molar-refractivity contribution in [2.24, 2.45) is 0 Å². The van der Waals surface area contributed by atoms with E-state index in [1.165, 1.54) is 12.1 Å². The lowest BCUT2D eigenvalue weighted by Crippen LogP contribution is -2.15. The van der Waals surface area contributed by atoms with Gasteiger partial charge in [-0.1, -0.05) is 30.3 Å². The SMILES string of the molecule is CNC(=O)C=C(c1ccccc1)c1cc(F)c2[nH]ccc2c1. The fourth-order valence-corrected chi connectivity index (χ4v) is 2.44. The third-order valence-corrected chi connectivity index (χ3v) is 3.53. The second-order valence-electron chi connectivity index (χ2n) is 4.94. The van der Waals surface area contributed by atoms with Gasteiger partial charge in [0.2, 0.25) is 5.91 Å².